The third-order valence-electron chi connectivity index (χ3n) is 0.985. The standard InChI is InChI=1S/C4HCl5.C3H7NO2S/c5-1-2(6)3(7)4(8)9;4-2(1-7)3(5)6/h1H;2,7H,1,4H2,(H,5,6). The number of hydrogen-bond donors (Lipinski definition) is 3. The highest BCUT2D eigenvalue weighted by Crippen LogP contribution is 2.27. The van der Waals surface area contributed by atoms with Gasteiger partial charge in [0.25, 0.3) is 0 Å². The van der Waals surface area contributed by atoms with Crippen LogP contribution in [-0.2, 0) is 4.79 Å². The van der Waals surface area contributed by atoms with E-state index in [0.29, 0.717) is 0 Å². The molecule has 1 unspecified atom stereocenters. The van der Waals surface area contributed by atoms with Gasteiger partial charge < -0.3 is 10.8 Å². The van der Waals surface area contributed by atoms with Crippen molar-refractivity contribution in [1.82, 2.24) is 0 Å². The predicted octanol–water partition coefficient (Wildman–Crippen LogP) is 3.52. The van der Waals surface area contributed by atoms with Crippen molar-refractivity contribution in [2.24, 2.45) is 5.73 Å². The average Bonchev–Trinajstić information content (AvgIpc) is 2.26. The fourth-order valence-electron chi connectivity index (χ4n) is 0.216. The lowest BCUT2D eigenvalue weighted by atomic mass is 10.4. The molecule has 0 aromatic heterocycles. The summed E-state index contributed by atoms with van der Waals surface area (Å²) in [5.41, 5.74) is 6.02. The predicted molar refractivity (Wildman–Crippen MR) is 73.8 cm³/mol. The summed E-state index contributed by atoms with van der Waals surface area (Å²) >= 11 is 30.1. The number of allylic oxidation sites excluding steroid dienone is 2. The van der Waals surface area contributed by atoms with Gasteiger partial charge in [-0.2, -0.15) is 12.6 Å². The summed E-state index contributed by atoms with van der Waals surface area (Å²) in [5, 5.41) is 8.18. The molecule has 0 radical (unpaired) electrons. The molecule has 0 aliphatic heterocycles. The van der Waals surface area contributed by atoms with E-state index in [1.807, 2.05) is 0 Å². The highest BCUT2D eigenvalue weighted by Gasteiger charge is 2.06. The van der Waals surface area contributed by atoms with Crippen LogP contribution in [0.15, 0.2) is 20.1 Å². The third kappa shape index (κ3) is 9.90. The van der Waals surface area contributed by atoms with E-state index >= 15 is 0 Å². The molecule has 3 nitrogen and oxygen atoms in total. The van der Waals surface area contributed by atoms with Gasteiger partial charge in [0.05, 0.1) is 10.1 Å². The van der Waals surface area contributed by atoms with E-state index in [0.717, 1.165) is 5.54 Å². The molecule has 0 fully saturated rings. The number of carboxylic acids is 1. The van der Waals surface area contributed by atoms with Crippen LogP contribution in [0.25, 0.3) is 0 Å². The zero-order valence-electron chi connectivity index (χ0n) is 7.63. The molecular formula is C7H8Cl5NO2S. The van der Waals surface area contributed by atoms with E-state index in [1.54, 1.807) is 0 Å². The van der Waals surface area contributed by atoms with Gasteiger partial charge in [-0.25, -0.2) is 0 Å². The summed E-state index contributed by atoms with van der Waals surface area (Å²) in [6, 6.07) is -0.816. The Morgan fingerprint density at radius 3 is 1.88 bits per heavy atom. The SMILES string of the molecule is ClC=C(Cl)C(Cl)=C(Cl)Cl.NC(CS)C(=O)O. The molecule has 9 heteroatoms. The quantitative estimate of drug-likeness (QED) is 0.541. The van der Waals surface area contributed by atoms with Gasteiger partial charge in [0.15, 0.2) is 0 Å². The third-order valence-corrected chi connectivity index (χ3v) is 3.07. The monoisotopic (exact) mass is 345 g/mol. The van der Waals surface area contributed by atoms with Crippen LogP contribution >= 0.6 is 70.6 Å². The Morgan fingerprint density at radius 2 is 1.81 bits per heavy atom. The maximum absolute atomic E-state index is 9.76. The average molecular weight is 347 g/mol. The van der Waals surface area contributed by atoms with E-state index in [9.17, 15) is 4.79 Å². The summed E-state index contributed by atoms with van der Waals surface area (Å²) in [6.07, 6.45) is 0. The summed E-state index contributed by atoms with van der Waals surface area (Å²) in [5.74, 6) is -0.815. The molecule has 94 valence electrons. The Morgan fingerprint density at radius 1 is 1.38 bits per heavy atom. The van der Waals surface area contributed by atoms with Crippen molar-refractivity contribution in [3.05, 3.63) is 20.1 Å². The largest absolute Gasteiger partial charge is 0.480 e. The molecule has 1 atom stereocenters. The smallest absolute Gasteiger partial charge is 0.321 e. The zero-order valence-corrected chi connectivity index (χ0v) is 12.3. The van der Waals surface area contributed by atoms with E-state index < -0.39 is 12.0 Å². The van der Waals surface area contributed by atoms with Gasteiger partial charge in [0.1, 0.15) is 10.5 Å². The Labute approximate surface area is 124 Å². The van der Waals surface area contributed by atoms with E-state index in [2.05, 4.69) is 12.6 Å². The molecule has 0 aromatic rings. The Balaban J connectivity index is 0. The highest BCUT2D eigenvalue weighted by atomic mass is 35.5. The maximum atomic E-state index is 9.76. The minimum atomic E-state index is -1.00. The van der Waals surface area contributed by atoms with Crippen LogP contribution in [0.4, 0.5) is 0 Å². The van der Waals surface area contributed by atoms with Crippen LogP contribution in [0.1, 0.15) is 0 Å². The van der Waals surface area contributed by atoms with Crippen molar-refractivity contribution in [1.29, 1.82) is 0 Å². The molecule has 0 bridgehead atoms. The van der Waals surface area contributed by atoms with Crippen molar-refractivity contribution in [2.75, 3.05) is 5.75 Å². The number of carbonyl (C=O) groups is 1. The molecule has 0 rings (SSSR count). The lowest BCUT2D eigenvalue weighted by Crippen LogP contribution is -2.31. The lowest BCUT2D eigenvalue weighted by Gasteiger charge is -1.96. The number of thiol groups is 1. The van der Waals surface area contributed by atoms with E-state index in [1.165, 1.54) is 0 Å². The van der Waals surface area contributed by atoms with Gasteiger partial charge in [-0.05, 0) is 0 Å². The van der Waals surface area contributed by atoms with Gasteiger partial charge in [-0.3, -0.25) is 4.79 Å². The first kappa shape index (κ1) is 19.1. The fraction of sp³-hybridized carbons (Fsp3) is 0.286. The first-order valence-electron chi connectivity index (χ1n) is 3.54. The topological polar surface area (TPSA) is 63.3 Å². The Kier molecular flexibility index (Phi) is 12.9. The van der Waals surface area contributed by atoms with Crippen LogP contribution in [0.5, 0.6) is 0 Å². The van der Waals surface area contributed by atoms with Crippen LogP contribution in [0, 0.1) is 0 Å². The van der Waals surface area contributed by atoms with Crippen molar-refractivity contribution in [3.8, 4) is 0 Å². The van der Waals surface area contributed by atoms with Crippen molar-refractivity contribution in [2.45, 2.75) is 6.04 Å². The van der Waals surface area contributed by atoms with Crippen LogP contribution < -0.4 is 5.73 Å². The summed E-state index contributed by atoms with van der Waals surface area (Å²) in [6.45, 7) is 0. The number of carboxylic acid groups (broad SMARTS) is 1. The van der Waals surface area contributed by atoms with Crippen molar-refractivity contribution < 1.29 is 9.90 Å². The van der Waals surface area contributed by atoms with E-state index in [-0.39, 0.29) is 20.3 Å². The Bertz CT molecular complexity index is 291. The number of hydrogen-bond acceptors (Lipinski definition) is 3. The molecule has 3 N–H and O–H groups in total. The number of nitrogens with two attached hydrogens (primary N) is 1. The molecule has 0 amide bonds. The minimum Gasteiger partial charge on any atom is -0.480 e. The highest BCUT2D eigenvalue weighted by molar-refractivity contribution is 7.80. The van der Waals surface area contributed by atoms with Gasteiger partial charge in [-0.15, -0.1) is 0 Å². The molecule has 0 spiro atoms. The molecule has 0 aromatic carbocycles. The first-order valence-corrected chi connectivity index (χ1v) is 6.12. The summed E-state index contributed by atoms with van der Waals surface area (Å²) in [4.78, 5) is 9.76. The maximum Gasteiger partial charge on any atom is 0.321 e. The normalized spacial score (nSPS) is 12.3. The second-order valence-corrected chi connectivity index (χ2v) is 4.48. The molecule has 16 heavy (non-hydrogen) atoms. The van der Waals surface area contributed by atoms with Crippen molar-refractivity contribution in [3.63, 3.8) is 0 Å². The second-order valence-electron chi connectivity index (χ2n) is 2.16. The van der Waals surface area contributed by atoms with Gasteiger partial charge in [0, 0.05) is 11.3 Å². The van der Waals surface area contributed by atoms with Crippen LogP contribution in [0.3, 0.4) is 0 Å². The van der Waals surface area contributed by atoms with Crippen molar-refractivity contribution >= 4 is 76.6 Å². The zero-order chi connectivity index (χ0) is 13.3. The lowest BCUT2D eigenvalue weighted by molar-refractivity contribution is -0.137. The molecule has 0 aliphatic rings. The summed E-state index contributed by atoms with van der Waals surface area (Å²) in [7, 11) is 0. The van der Waals surface area contributed by atoms with E-state index in [4.69, 9.17) is 68.8 Å². The number of rotatable bonds is 3. The number of aliphatic carboxylic acids is 1. The molecule has 0 heterocycles. The summed E-state index contributed by atoms with van der Waals surface area (Å²) < 4.78 is -0.0985. The fourth-order valence-corrected chi connectivity index (χ4v) is 0.987. The van der Waals surface area contributed by atoms with Crippen LogP contribution in [0.2, 0.25) is 0 Å². The molecule has 0 saturated heterocycles. The Hall–Kier alpha value is 0.710. The molecule has 0 aliphatic carbocycles. The van der Waals surface area contributed by atoms with Gasteiger partial charge in [0.2, 0.25) is 0 Å². The first-order chi connectivity index (χ1) is 7.27. The van der Waals surface area contributed by atoms with Crippen LogP contribution in [-0.4, -0.2) is 22.9 Å². The van der Waals surface area contributed by atoms with Gasteiger partial charge >= 0.3 is 5.97 Å². The molecule has 0 saturated carbocycles. The second kappa shape index (κ2) is 10.8. The molecular weight excluding hydrogens is 339 g/mol. The minimum absolute atomic E-state index is 0.0509. The van der Waals surface area contributed by atoms with Gasteiger partial charge in [-0.1, -0.05) is 58.0 Å². The number of halogens is 5.